The fourth-order valence-corrected chi connectivity index (χ4v) is 4.47. The monoisotopic (exact) mass is 556 g/mol. The Morgan fingerprint density at radius 2 is 1.02 bits per heavy atom. The molecule has 0 saturated heterocycles. The summed E-state index contributed by atoms with van der Waals surface area (Å²) in [5.74, 6) is -0.227. The number of hydrogen-bond acceptors (Lipinski definition) is 3. The molecule has 2 N–H and O–H groups in total. The number of carbonyl (C=O) groups is 2. The number of halogens is 1. The molecule has 0 radical (unpaired) electrons. The summed E-state index contributed by atoms with van der Waals surface area (Å²) >= 11 is 0. The van der Waals surface area contributed by atoms with Crippen LogP contribution in [0.5, 0.6) is 5.75 Å². The maximum absolute atomic E-state index is 14.5. The Hall–Kier alpha value is -4.53. The first-order valence-electron chi connectivity index (χ1n) is 13.2. The maximum atomic E-state index is 14.5. The van der Waals surface area contributed by atoms with E-state index in [0.717, 1.165) is 16.8 Å². The molecule has 7 nitrogen and oxygen atoms in total. The molecular formula is C33H37FN4O3+2. The normalized spacial score (nSPS) is 11.6. The number of carbonyl (C=O) groups excluding carboxylic acids is 2. The van der Waals surface area contributed by atoms with Crippen molar-refractivity contribution in [3.63, 3.8) is 0 Å². The molecule has 0 unspecified atom stereocenters. The van der Waals surface area contributed by atoms with Crippen LogP contribution in [-0.2, 0) is 0 Å². The number of hydrogen-bond donors (Lipinski definition) is 2. The second-order valence-corrected chi connectivity index (χ2v) is 11.6. The van der Waals surface area contributed by atoms with Gasteiger partial charge < -0.3 is 15.4 Å². The highest BCUT2D eigenvalue weighted by molar-refractivity contribution is 6.05. The molecule has 0 bridgehead atoms. The van der Waals surface area contributed by atoms with Crippen molar-refractivity contribution in [3.8, 4) is 16.9 Å². The second kappa shape index (κ2) is 11.5. The predicted molar refractivity (Wildman–Crippen MR) is 166 cm³/mol. The summed E-state index contributed by atoms with van der Waals surface area (Å²) in [6, 6.07) is 24.7. The van der Waals surface area contributed by atoms with Crippen LogP contribution >= 0.6 is 0 Å². The highest BCUT2D eigenvalue weighted by Gasteiger charge is 2.20. The van der Waals surface area contributed by atoms with Gasteiger partial charge in [0, 0.05) is 46.8 Å². The van der Waals surface area contributed by atoms with Gasteiger partial charge in [0.25, 0.3) is 11.8 Å². The van der Waals surface area contributed by atoms with E-state index in [0.29, 0.717) is 42.9 Å². The molecule has 0 aliphatic rings. The molecule has 0 heterocycles. The van der Waals surface area contributed by atoms with Crippen LogP contribution in [0.4, 0.5) is 27.1 Å². The van der Waals surface area contributed by atoms with E-state index in [-0.39, 0.29) is 17.6 Å². The van der Waals surface area contributed by atoms with E-state index in [1.807, 2.05) is 63.6 Å². The average molecular weight is 557 g/mol. The zero-order valence-electron chi connectivity index (χ0n) is 24.6. The number of nitrogens with zero attached hydrogens (tertiary/aromatic N) is 2. The summed E-state index contributed by atoms with van der Waals surface area (Å²) in [6.07, 6.45) is 0. The zero-order valence-corrected chi connectivity index (χ0v) is 24.6. The first-order chi connectivity index (χ1) is 19.3. The van der Waals surface area contributed by atoms with Gasteiger partial charge in [-0.05, 0) is 47.5 Å². The Morgan fingerprint density at radius 1 is 0.610 bits per heavy atom. The number of ether oxygens (including phenoxy) is 1. The Bertz CT molecular complexity index is 1570. The van der Waals surface area contributed by atoms with Crippen LogP contribution in [-0.4, -0.2) is 61.2 Å². The molecule has 4 rings (SSSR count). The van der Waals surface area contributed by atoms with Crippen LogP contribution in [0.1, 0.15) is 20.7 Å². The highest BCUT2D eigenvalue weighted by Crippen LogP contribution is 2.33. The van der Waals surface area contributed by atoms with E-state index in [4.69, 9.17) is 4.74 Å². The quantitative estimate of drug-likeness (QED) is 0.247. The number of rotatable bonds is 8. The van der Waals surface area contributed by atoms with Gasteiger partial charge in [0.1, 0.15) is 0 Å². The van der Waals surface area contributed by atoms with Crippen molar-refractivity contribution in [1.82, 2.24) is 8.97 Å². The standard InChI is InChI=1S/C33H35FN4O3/c1-37(2,3)29-18-16-26(20-28(29)34)35-32(39)24-12-8-22(9-13-24)23-10-14-25(15-11-23)33(40)36-27-17-19-30(38(4,5)6)31(21-27)41-7/h8-21H,1-7H3/p+2. The van der Waals surface area contributed by atoms with Gasteiger partial charge in [-0.2, -0.15) is 0 Å². The molecule has 41 heavy (non-hydrogen) atoms. The van der Waals surface area contributed by atoms with Crippen molar-refractivity contribution in [2.75, 3.05) is 60.0 Å². The third-order valence-corrected chi connectivity index (χ3v) is 6.72. The smallest absolute Gasteiger partial charge is 0.255 e. The lowest BCUT2D eigenvalue weighted by Gasteiger charge is -2.25. The lowest BCUT2D eigenvalue weighted by Crippen LogP contribution is -2.35. The molecule has 0 atom stereocenters. The number of methoxy groups -OCH3 is 1. The number of anilines is 2. The second-order valence-electron chi connectivity index (χ2n) is 11.6. The van der Waals surface area contributed by atoms with Crippen LogP contribution < -0.4 is 24.3 Å². The molecule has 4 aromatic carbocycles. The van der Waals surface area contributed by atoms with E-state index in [1.54, 1.807) is 43.5 Å². The predicted octanol–water partition coefficient (Wildman–Crippen LogP) is 6.40. The Labute approximate surface area is 241 Å². The summed E-state index contributed by atoms with van der Waals surface area (Å²) < 4.78 is 21.0. The summed E-state index contributed by atoms with van der Waals surface area (Å²) in [6.45, 7) is 0. The molecule has 0 aliphatic heterocycles. The van der Waals surface area contributed by atoms with Crippen molar-refractivity contribution in [2.45, 2.75) is 0 Å². The minimum Gasteiger partial charge on any atom is -0.491 e. The van der Waals surface area contributed by atoms with E-state index >= 15 is 0 Å². The van der Waals surface area contributed by atoms with Crippen LogP contribution in [0.3, 0.4) is 0 Å². The molecule has 2 amide bonds. The third-order valence-electron chi connectivity index (χ3n) is 6.72. The topological polar surface area (TPSA) is 67.4 Å². The molecule has 0 aliphatic carbocycles. The van der Waals surface area contributed by atoms with Gasteiger partial charge >= 0.3 is 0 Å². The average Bonchev–Trinajstić information content (AvgIpc) is 2.92. The van der Waals surface area contributed by atoms with Crippen LogP contribution in [0.2, 0.25) is 0 Å². The van der Waals surface area contributed by atoms with Gasteiger partial charge in [-0.15, -0.1) is 0 Å². The number of nitrogens with one attached hydrogen (secondary N) is 2. The number of quaternary nitrogens is 2. The molecule has 0 fully saturated rings. The van der Waals surface area contributed by atoms with Crippen LogP contribution in [0.15, 0.2) is 84.9 Å². The maximum Gasteiger partial charge on any atom is 0.255 e. The third kappa shape index (κ3) is 6.98. The van der Waals surface area contributed by atoms with Gasteiger partial charge in [0.15, 0.2) is 22.9 Å². The molecule has 0 aromatic heterocycles. The van der Waals surface area contributed by atoms with Gasteiger partial charge in [-0.3, -0.25) is 18.6 Å². The lowest BCUT2D eigenvalue weighted by atomic mass is 10.0. The van der Waals surface area contributed by atoms with Crippen LogP contribution in [0, 0.1) is 5.82 Å². The first-order valence-corrected chi connectivity index (χ1v) is 13.2. The summed E-state index contributed by atoms with van der Waals surface area (Å²) in [5, 5.41) is 5.68. The van der Waals surface area contributed by atoms with Gasteiger partial charge in [-0.25, -0.2) is 4.39 Å². The number of benzene rings is 4. The van der Waals surface area contributed by atoms with E-state index in [2.05, 4.69) is 31.8 Å². The van der Waals surface area contributed by atoms with Crippen molar-refractivity contribution in [3.05, 3.63) is 102 Å². The van der Waals surface area contributed by atoms with E-state index in [9.17, 15) is 14.0 Å². The van der Waals surface area contributed by atoms with Crippen molar-refractivity contribution >= 4 is 34.6 Å². The minimum atomic E-state index is -0.375. The Kier molecular flexibility index (Phi) is 8.28. The largest absolute Gasteiger partial charge is 0.491 e. The molecule has 0 saturated carbocycles. The zero-order chi connectivity index (χ0) is 29.9. The number of amides is 2. The summed E-state index contributed by atoms with van der Waals surface area (Å²) in [4.78, 5) is 25.6. The Morgan fingerprint density at radius 3 is 1.41 bits per heavy atom. The van der Waals surface area contributed by atoms with Gasteiger partial charge in [-0.1, -0.05) is 24.3 Å². The molecule has 0 spiro atoms. The highest BCUT2D eigenvalue weighted by atomic mass is 19.1. The van der Waals surface area contributed by atoms with Crippen molar-refractivity contribution in [1.29, 1.82) is 0 Å². The van der Waals surface area contributed by atoms with E-state index < -0.39 is 0 Å². The van der Waals surface area contributed by atoms with E-state index in [1.165, 1.54) is 6.07 Å². The molecule has 4 aromatic rings. The van der Waals surface area contributed by atoms with Crippen LogP contribution in [0.25, 0.3) is 11.1 Å². The first kappa shape index (κ1) is 29.5. The fourth-order valence-electron chi connectivity index (χ4n) is 4.47. The Balaban J connectivity index is 1.41. The summed E-state index contributed by atoms with van der Waals surface area (Å²) in [5.41, 5.74) is 5.34. The summed E-state index contributed by atoms with van der Waals surface area (Å²) in [7, 11) is 13.4. The molecular weight excluding hydrogens is 519 g/mol. The van der Waals surface area contributed by atoms with Gasteiger partial charge in [0.2, 0.25) is 0 Å². The minimum absolute atomic E-state index is 0.227. The van der Waals surface area contributed by atoms with Gasteiger partial charge in [0.05, 0.1) is 49.4 Å². The molecule has 8 heteroatoms. The lowest BCUT2D eigenvalue weighted by molar-refractivity contribution is 0.101. The van der Waals surface area contributed by atoms with Crippen molar-refractivity contribution in [2.24, 2.45) is 0 Å². The van der Waals surface area contributed by atoms with Crippen molar-refractivity contribution < 1.29 is 18.7 Å². The SMILES string of the molecule is COc1cc(NC(=O)c2ccc(-c3ccc(C(=O)Nc4ccc([N+](C)(C)C)c(F)c4)cc3)cc2)ccc1[N+](C)(C)C. The molecule has 212 valence electrons. The fraction of sp³-hybridized carbons (Fsp3) is 0.212.